The average Bonchev–Trinajstić information content (AvgIpc) is 3.35. The minimum absolute atomic E-state index is 0.0976. The molecular weight excluding hydrogens is 382 g/mol. The molecule has 0 radical (unpaired) electrons. The van der Waals surface area contributed by atoms with E-state index in [1.165, 1.54) is 26.7 Å². The molecule has 1 aliphatic carbocycles. The maximum atomic E-state index is 12.9. The second-order valence-electron chi connectivity index (χ2n) is 7.58. The van der Waals surface area contributed by atoms with Crippen molar-refractivity contribution in [2.45, 2.75) is 58.7 Å². The van der Waals surface area contributed by atoms with Gasteiger partial charge in [-0.05, 0) is 46.1 Å². The summed E-state index contributed by atoms with van der Waals surface area (Å²) in [4.78, 5) is 38.3. The number of nitriles is 1. The molecule has 0 aromatic carbocycles. The largest absolute Gasteiger partial charge is 0.443 e. The molecule has 2 aromatic heterocycles. The second-order valence-corrected chi connectivity index (χ2v) is 8.61. The van der Waals surface area contributed by atoms with E-state index in [0.29, 0.717) is 20.7 Å². The fourth-order valence-electron chi connectivity index (χ4n) is 2.81. The number of nitrogens with zero attached hydrogens (tertiary/aromatic N) is 4. The normalized spacial score (nSPS) is 14.4. The van der Waals surface area contributed by atoms with Crippen LogP contribution >= 0.6 is 11.3 Å². The SMILES string of the molecule is Cc1c(C=NNC(=O)OC(C)(C)C)sc2c1c(=O)n(C1CC1)c(=O)n2CC#N. The Hall–Kier alpha value is -2.93. The van der Waals surface area contributed by atoms with Crippen LogP contribution in [0.25, 0.3) is 10.2 Å². The summed E-state index contributed by atoms with van der Waals surface area (Å²) in [7, 11) is 0. The molecule has 0 atom stereocenters. The molecule has 0 spiro atoms. The highest BCUT2D eigenvalue weighted by molar-refractivity contribution is 7.20. The summed E-state index contributed by atoms with van der Waals surface area (Å²) >= 11 is 1.18. The highest BCUT2D eigenvalue weighted by Gasteiger charge is 2.30. The number of aryl methyl sites for hydroxylation is 1. The van der Waals surface area contributed by atoms with Crippen molar-refractivity contribution in [3.8, 4) is 6.07 Å². The number of nitrogens with one attached hydrogen (secondary N) is 1. The number of ether oxygens (including phenoxy) is 1. The third kappa shape index (κ3) is 3.84. The van der Waals surface area contributed by atoms with Gasteiger partial charge in [-0.15, -0.1) is 11.3 Å². The van der Waals surface area contributed by atoms with E-state index in [-0.39, 0.29) is 18.1 Å². The van der Waals surface area contributed by atoms with Crippen LogP contribution in [0.2, 0.25) is 0 Å². The van der Waals surface area contributed by atoms with Gasteiger partial charge in [0.05, 0.1) is 22.5 Å². The van der Waals surface area contributed by atoms with Gasteiger partial charge in [0.25, 0.3) is 5.56 Å². The number of hydrogen-bond donors (Lipinski definition) is 1. The van der Waals surface area contributed by atoms with Gasteiger partial charge in [-0.25, -0.2) is 15.0 Å². The van der Waals surface area contributed by atoms with Gasteiger partial charge in [-0.3, -0.25) is 13.9 Å². The maximum Gasteiger partial charge on any atom is 0.428 e. The molecule has 148 valence electrons. The summed E-state index contributed by atoms with van der Waals surface area (Å²) in [6.45, 7) is 6.84. The van der Waals surface area contributed by atoms with Crippen LogP contribution in [0.3, 0.4) is 0 Å². The first-order chi connectivity index (χ1) is 13.1. The van der Waals surface area contributed by atoms with Gasteiger partial charge in [0.15, 0.2) is 0 Å². The van der Waals surface area contributed by atoms with E-state index in [1.54, 1.807) is 27.7 Å². The Balaban J connectivity index is 2.02. The van der Waals surface area contributed by atoms with Crippen molar-refractivity contribution in [1.82, 2.24) is 14.6 Å². The van der Waals surface area contributed by atoms with Crippen molar-refractivity contribution in [1.29, 1.82) is 5.26 Å². The smallest absolute Gasteiger partial charge is 0.428 e. The van der Waals surface area contributed by atoms with Crippen molar-refractivity contribution >= 4 is 33.9 Å². The molecule has 0 aliphatic heterocycles. The predicted octanol–water partition coefficient (Wildman–Crippen LogP) is 2.25. The van der Waals surface area contributed by atoms with Gasteiger partial charge >= 0.3 is 11.8 Å². The van der Waals surface area contributed by atoms with Crippen molar-refractivity contribution in [2.24, 2.45) is 5.10 Å². The van der Waals surface area contributed by atoms with E-state index in [4.69, 9.17) is 10.00 Å². The van der Waals surface area contributed by atoms with Crippen LogP contribution in [-0.4, -0.2) is 27.0 Å². The zero-order valence-electron chi connectivity index (χ0n) is 16.1. The van der Waals surface area contributed by atoms with Gasteiger partial charge in [0.1, 0.15) is 17.0 Å². The monoisotopic (exact) mass is 403 g/mol. The highest BCUT2D eigenvalue weighted by Crippen LogP contribution is 2.34. The van der Waals surface area contributed by atoms with Crippen LogP contribution in [0.5, 0.6) is 0 Å². The molecule has 1 aliphatic rings. The van der Waals surface area contributed by atoms with Gasteiger partial charge in [0, 0.05) is 6.04 Å². The summed E-state index contributed by atoms with van der Waals surface area (Å²) in [5.41, 5.74) is 1.48. The zero-order chi connectivity index (χ0) is 20.6. The Morgan fingerprint density at radius 3 is 2.68 bits per heavy atom. The molecule has 28 heavy (non-hydrogen) atoms. The molecule has 10 heteroatoms. The van der Waals surface area contributed by atoms with Gasteiger partial charge in [-0.2, -0.15) is 10.4 Å². The number of aromatic nitrogens is 2. The molecule has 1 N–H and O–H groups in total. The zero-order valence-corrected chi connectivity index (χ0v) is 16.9. The first-order valence-electron chi connectivity index (χ1n) is 8.81. The molecule has 1 fully saturated rings. The molecule has 0 bridgehead atoms. The quantitative estimate of drug-likeness (QED) is 0.620. The van der Waals surface area contributed by atoms with Crippen molar-refractivity contribution < 1.29 is 9.53 Å². The first-order valence-corrected chi connectivity index (χ1v) is 9.63. The van der Waals surface area contributed by atoms with Crippen molar-refractivity contribution in [3.63, 3.8) is 0 Å². The number of fused-ring (bicyclic) bond motifs is 1. The van der Waals surface area contributed by atoms with E-state index >= 15 is 0 Å². The lowest BCUT2D eigenvalue weighted by molar-refractivity contribution is 0.0529. The summed E-state index contributed by atoms with van der Waals surface area (Å²) in [5, 5.41) is 13.4. The third-order valence-corrected chi connectivity index (χ3v) is 5.41. The van der Waals surface area contributed by atoms with E-state index in [9.17, 15) is 14.4 Å². The van der Waals surface area contributed by atoms with Crippen molar-refractivity contribution in [3.05, 3.63) is 31.3 Å². The van der Waals surface area contributed by atoms with Gasteiger partial charge in [-0.1, -0.05) is 0 Å². The molecule has 0 unspecified atom stereocenters. The average molecular weight is 403 g/mol. The Bertz CT molecular complexity index is 1120. The Morgan fingerprint density at radius 2 is 2.11 bits per heavy atom. The molecule has 0 saturated heterocycles. The fraction of sp³-hybridized carbons (Fsp3) is 0.500. The number of hydrazone groups is 1. The molecule has 2 heterocycles. The lowest BCUT2D eigenvalue weighted by Gasteiger charge is -2.18. The molecule has 9 nitrogen and oxygen atoms in total. The van der Waals surface area contributed by atoms with Crippen LogP contribution in [0.15, 0.2) is 14.7 Å². The van der Waals surface area contributed by atoms with Crippen molar-refractivity contribution in [2.75, 3.05) is 0 Å². The lowest BCUT2D eigenvalue weighted by Crippen LogP contribution is -2.39. The van der Waals surface area contributed by atoms with Crippen LogP contribution < -0.4 is 16.7 Å². The Kier molecular flexibility index (Phi) is 5.12. The number of hydrogen-bond acceptors (Lipinski definition) is 7. The molecule has 1 saturated carbocycles. The number of carbonyl (C=O) groups is 1. The summed E-state index contributed by atoms with van der Waals surface area (Å²) < 4.78 is 7.68. The van der Waals surface area contributed by atoms with Crippen LogP contribution in [-0.2, 0) is 11.3 Å². The van der Waals surface area contributed by atoms with Crippen LogP contribution in [0.1, 0.15) is 50.1 Å². The summed E-state index contributed by atoms with van der Waals surface area (Å²) in [6.07, 6.45) is 2.28. The molecule has 2 aromatic rings. The Morgan fingerprint density at radius 1 is 1.43 bits per heavy atom. The lowest BCUT2D eigenvalue weighted by atomic mass is 10.2. The Labute approximate surface area is 164 Å². The van der Waals surface area contributed by atoms with Gasteiger partial charge < -0.3 is 4.74 Å². The standard InChI is InChI=1S/C18H21N5O4S/c1-10-12(9-20-21-16(25)27-18(2,3)4)28-15-13(10)14(24)23(11-5-6-11)17(26)22(15)8-7-19/h9,11H,5-6,8H2,1-4H3,(H,21,25). The summed E-state index contributed by atoms with van der Waals surface area (Å²) in [6, 6.07) is 1.88. The minimum Gasteiger partial charge on any atom is -0.443 e. The highest BCUT2D eigenvalue weighted by atomic mass is 32.1. The fourth-order valence-corrected chi connectivity index (χ4v) is 3.98. The minimum atomic E-state index is -0.694. The first kappa shape index (κ1) is 19.8. The maximum absolute atomic E-state index is 12.9. The van der Waals surface area contributed by atoms with E-state index in [2.05, 4.69) is 10.5 Å². The number of rotatable bonds is 4. The second kappa shape index (κ2) is 7.24. The van der Waals surface area contributed by atoms with E-state index < -0.39 is 17.4 Å². The van der Waals surface area contributed by atoms with Crippen LogP contribution in [0, 0.1) is 18.3 Å². The van der Waals surface area contributed by atoms with Crippen LogP contribution in [0.4, 0.5) is 4.79 Å². The molecule has 1 amide bonds. The topological polar surface area (TPSA) is 118 Å². The molecule has 3 rings (SSSR count). The third-order valence-electron chi connectivity index (χ3n) is 4.16. The molecular formula is C18H21N5O4S. The van der Waals surface area contributed by atoms with E-state index in [1.807, 2.05) is 6.07 Å². The van der Waals surface area contributed by atoms with E-state index in [0.717, 1.165) is 12.8 Å². The number of carbonyl (C=O) groups excluding carboxylic acids is 1. The number of amides is 1. The summed E-state index contributed by atoms with van der Waals surface area (Å²) in [5.74, 6) is 0. The predicted molar refractivity (Wildman–Crippen MR) is 106 cm³/mol. The van der Waals surface area contributed by atoms with Gasteiger partial charge in [0.2, 0.25) is 0 Å². The number of thiophene rings is 1.